The standard InChI is InChI=1S/C17H27NO3S.C15H27N3O3S/c1-12(2)22(20,21)17(6,7)15(19)18-14-10-8-9-13(11-14)16(3,4)5;1-10(2)22(20,21)15(6,7)13(19)16-12-9-11(14(3,4)5)17-18(12)8/h8-12H,1-7H3,(H,18,19);9-10H,1-8H3,(H,16,19). The van der Waals surface area contributed by atoms with Gasteiger partial charge in [0.05, 0.1) is 16.2 Å². The van der Waals surface area contributed by atoms with Gasteiger partial charge in [-0.1, -0.05) is 53.7 Å². The van der Waals surface area contributed by atoms with Crippen molar-refractivity contribution in [1.82, 2.24) is 9.78 Å². The van der Waals surface area contributed by atoms with Crippen molar-refractivity contribution < 1.29 is 26.4 Å². The van der Waals surface area contributed by atoms with Crippen LogP contribution in [0.2, 0.25) is 0 Å². The Kier molecular flexibility index (Phi) is 11.9. The van der Waals surface area contributed by atoms with Crippen LogP contribution in [0.1, 0.15) is 108 Å². The summed E-state index contributed by atoms with van der Waals surface area (Å²) in [7, 11) is -5.40. The minimum absolute atomic E-state index is 0.0414. The van der Waals surface area contributed by atoms with E-state index >= 15 is 0 Å². The molecule has 2 amide bonds. The van der Waals surface area contributed by atoms with Gasteiger partial charge in [-0.3, -0.25) is 14.3 Å². The summed E-state index contributed by atoms with van der Waals surface area (Å²) in [6.07, 6.45) is 0. The van der Waals surface area contributed by atoms with Crippen molar-refractivity contribution in [3.05, 3.63) is 41.6 Å². The van der Waals surface area contributed by atoms with Crippen LogP contribution < -0.4 is 10.6 Å². The second kappa shape index (κ2) is 13.3. The van der Waals surface area contributed by atoms with Crippen molar-refractivity contribution in [2.75, 3.05) is 10.6 Å². The molecule has 10 nitrogen and oxygen atoms in total. The molecule has 1 heterocycles. The maximum atomic E-state index is 12.5. The fourth-order valence-corrected chi connectivity index (χ4v) is 6.98. The highest BCUT2D eigenvalue weighted by Gasteiger charge is 2.44. The first kappa shape index (κ1) is 39.3. The highest BCUT2D eigenvalue weighted by molar-refractivity contribution is 7.94. The first-order valence-corrected chi connectivity index (χ1v) is 17.8. The third-order valence-electron chi connectivity index (χ3n) is 7.63. The highest BCUT2D eigenvalue weighted by Crippen LogP contribution is 2.28. The van der Waals surface area contributed by atoms with Gasteiger partial charge in [0, 0.05) is 24.2 Å². The van der Waals surface area contributed by atoms with Crippen molar-refractivity contribution in [2.24, 2.45) is 7.05 Å². The summed E-state index contributed by atoms with van der Waals surface area (Å²) >= 11 is 0. The Labute approximate surface area is 265 Å². The molecular weight excluding hydrogens is 601 g/mol. The van der Waals surface area contributed by atoms with E-state index in [-0.39, 0.29) is 10.8 Å². The summed E-state index contributed by atoms with van der Waals surface area (Å²) in [5.41, 5.74) is 2.33. The molecule has 2 rings (SSSR count). The van der Waals surface area contributed by atoms with Crippen LogP contribution in [-0.4, -0.2) is 58.4 Å². The number of aromatic nitrogens is 2. The SMILES string of the molecule is CC(C)S(=O)(=O)C(C)(C)C(=O)Nc1cc(C(C)(C)C)nn1C.CC(C)S(=O)(=O)C(C)(C)C(=O)Nc1cccc(C(C)(C)C)c1. The lowest BCUT2D eigenvalue weighted by Gasteiger charge is -2.26. The second-order valence-corrected chi connectivity index (χ2v) is 20.8. The zero-order valence-corrected chi connectivity index (χ0v) is 30.8. The molecule has 0 aliphatic heterocycles. The van der Waals surface area contributed by atoms with Crippen LogP contribution in [0.4, 0.5) is 11.5 Å². The lowest BCUT2D eigenvalue weighted by Crippen LogP contribution is -2.47. The van der Waals surface area contributed by atoms with E-state index in [9.17, 15) is 26.4 Å². The van der Waals surface area contributed by atoms with E-state index < -0.39 is 51.5 Å². The van der Waals surface area contributed by atoms with Gasteiger partial charge in [0.25, 0.3) is 0 Å². The number of sulfone groups is 2. The molecule has 0 unspecified atom stereocenters. The van der Waals surface area contributed by atoms with Crippen LogP contribution in [0.15, 0.2) is 30.3 Å². The lowest BCUT2D eigenvalue weighted by molar-refractivity contribution is -0.118. The molecule has 0 aliphatic carbocycles. The number of amides is 2. The van der Waals surface area contributed by atoms with Gasteiger partial charge in [-0.05, 0) is 78.5 Å². The number of aryl methyl sites for hydroxylation is 1. The Balaban J connectivity index is 0.000000440. The predicted molar refractivity (Wildman–Crippen MR) is 181 cm³/mol. The minimum atomic E-state index is -3.57. The molecule has 1 aromatic carbocycles. The molecule has 0 aliphatic rings. The maximum Gasteiger partial charge on any atom is 0.246 e. The molecule has 0 spiro atoms. The number of carbonyl (C=O) groups is 2. The van der Waals surface area contributed by atoms with E-state index in [0.717, 1.165) is 11.3 Å². The molecule has 12 heteroatoms. The van der Waals surface area contributed by atoms with Gasteiger partial charge >= 0.3 is 0 Å². The number of carbonyl (C=O) groups excluding carboxylic acids is 2. The lowest BCUT2D eigenvalue weighted by atomic mass is 9.87. The molecule has 2 N–H and O–H groups in total. The summed E-state index contributed by atoms with van der Waals surface area (Å²) < 4.78 is 48.0. The van der Waals surface area contributed by atoms with Gasteiger partial charge in [0.15, 0.2) is 19.7 Å². The smallest absolute Gasteiger partial charge is 0.246 e. The van der Waals surface area contributed by atoms with Crippen LogP contribution in [0.3, 0.4) is 0 Å². The molecule has 0 saturated heterocycles. The van der Waals surface area contributed by atoms with Gasteiger partial charge in [0.1, 0.15) is 15.3 Å². The predicted octanol–water partition coefficient (Wildman–Crippen LogP) is 5.78. The Bertz CT molecular complexity index is 1550. The van der Waals surface area contributed by atoms with Crippen LogP contribution in [0, 0.1) is 0 Å². The summed E-state index contributed by atoms with van der Waals surface area (Å²) in [6.45, 7) is 24.4. The summed E-state index contributed by atoms with van der Waals surface area (Å²) in [5.74, 6) is -0.570. The van der Waals surface area contributed by atoms with Gasteiger partial charge in [-0.2, -0.15) is 5.10 Å². The second-order valence-electron chi connectivity index (χ2n) is 14.7. The van der Waals surface area contributed by atoms with Crippen molar-refractivity contribution in [1.29, 1.82) is 0 Å². The number of benzene rings is 1. The first-order valence-electron chi connectivity index (χ1n) is 14.8. The minimum Gasteiger partial charge on any atom is -0.325 e. The van der Waals surface area contributed by atoms with Gasteiger partial charge in [-0.25, -0.2) is 16.8 Å². The van der Waals surface area contributed by atoms with E-state index in [4.69, 9.17) is 0 Å². The Morgan fingerprint density at radius 2 is 1.14 bits per heavy atom. The Morgan fingerprint density at radius 3 is 1.50 bits per heavy atom. The molecule has 0 saturated carbocycles. The average molecular weight is 655 g/mol. The third kappa shape index (κ3) is 8.71. The highest BCUT2D eigenvalue weighted by atomic mass is 32.2. The normalized spacial score (nSPS) is 13.4. The monoisotopic (exact) mass is 654 g/mol. The van der Waals surface area contributed by atoms with Gasteiger partial charge in [0.2, 0.25) is 11.8 Å². The zero-order valence-electron chi connectivity index (χ0n) is 29.2. The van der Waals surface area contributed by atoms with Crippen molar-refractivity contribution in [2.45, 2.75) is 128 Å². The fourth-order valence-electron chi connectivity index (χ4n) is 4.00. The molecule has 1 aromatic heterocycles. The van der Waals surface area contributed by atoms with E-state index in [1.165, 1.54) is 27.7 Å². The summed E-state index contributed by atoms with van der Waals surface area (Å²) in [6, 6.07) is 9.28. The third-order valence-corrected chi connectivity index (χ3v) is 13.3. The van der Waals surface area contributed by atoms with E-state index in [1.54, 1.807) is 51.6 Å². The Morgan fingerprint density at radius 1 is 0.705 bits per heavy atom. The van der Waals surface area contributed by atoms with Gasteiger partial charge < -0.3 is 10.6 Å². The van der Waals surface area contributed by atoms with E-state index in [1.807, 2.05) is 39.0 Å². The average Bonchev–Trinajstić information content (AvgIpc) is 3.24. The number of hydrogen-bond acceptors (Lipinski definition) is 7. The Hall–Kier alpha value is -2.73. The number of nitrogens with one attached hydrogen (secondary N) is 2. The number of nitrogens with zero attached hydrogens (tertiary/aromatic N) is 2. The van der Waals surface area contributed by atoms with Crippen molar-refractivity contribution in [3.8, 4) is 0 Å². The largest absolute Gasteiger partial charge is 0.325 e. The van der Waals surface area contributed by atoms with Gasteiger partial charge in [-0.15, -0.1) is 0 Å². The van der Waals surface area contributed by atoms with Crippen LogP contribution in [-0.2, 0) is 47.1 Å². The van der Waals surface area contributed by atoms with Crippen molar-refractivity contribution in [3.63, 3.8) is 0 Å². The van der Waals surface area contributed by atoms with E-state index in [0.29, 0.717) is 11.5 Å². The molecule has 0 atom stereocenters. The summed E-state index contributed by atoms with van der Waals surface area (Å²) in [4.78, 5) is 24.9. The van der Waals surface area contributed by atoms with E-state index in [2.05, 4.69) is 36.5 Å². The molecule has 2 aromatic rings. The molecular formula is C32H54N4O6S2. The number of rotatable bonds is 8. The fraction of sp³-hybridized carbons (Fsp3) is 0.656. The molecule has 0 bridgehead atoms. The molecule has 0 fully saturated rings. The summed E-state index contributed by atoms with van der Waals surface area (Å²) in [5, 5.41) is 8.57. The zero-order chi connectivity index (χ0) is 34.9. The van der Waals surface area contributed by atoms with Crippen LogP contribution in [0.5, 0.6) is 0 Å². The first-order chi connectivity index (χ1) is 19.5. The number of anilines is 2. The van der Waals surface area contributed by atoms with Crippen LogP contribution >= 0.6 is 0 Å². The number of hydrogen-bond donors (Lipinski definition) is 2. The molecule has 44 heavy (non-hydrogen) atoms. The maximum absolute atomic E-state index is 12.5. The van der Waals surface area contributed by atoms with Crippen LogP contribution in [0.25, 0.3) is 0 Å². The molecule has 250 valence electrons. The molecule has 0 radical (unpaired) electrons. The quantitative estimate of drug-likeness (QED) is 0.367. The van der Waals surface area contributed by atoms with Crippen molar-refractivity contribution >= 4 is 43.0 Å². The topological polar surface area (TPSA) is 144 Å².